The lowest BCUT2D eigenvalue weighted by Gasteiger charge is -2.27. The first-order valence-electron chi connectivity index (χ1n) is 34.6. The fraction of sp³-hybridized carbons (Fsp3) is 0.0213. The van der Waals surface area contributed by atoms with Gasteiger partial charge in [0.05, 0.1) is 0 Å². The van der Waals surface area contributed by atoms with Gasteiger partial charge in [0.1, 0.15) is 44.7 Å². The fourth-order valence-electron chi connectivity index (χ4n) is 15.5. The minimum atomic E-state index is 0.811. The maximum atomic E-state index is 6.85. The van der Waals surface area contributed by atoms with Crippen LogP contribution in [0.5, 0.6) is 0 Å². The Morgan fingerprint density at radius 3 is 0.833 bits per heavy atom. The van der Waals surface area contributed by atoms with Crippen LogP contribution < -0.4 is 19.6 Å². The highest BCUT2D eigenvalue weighted by atomic mass is 16.3. The standard InChI is InChI=1S/C94H62N4O4/c1-59-21-18-19-34-85(59)97(70-29-14-6-15-30-70)75-38-42-79-83-49-64-50-84-80-43-39-76(58-94(80)102-90(84)54-66(64)53-89(83)101-93(79)57-75)98(71-31-16-7-17-32-71)86-44-35-62(45-60(86)2)61-22-20-33-72(46-61)96(69-27-12-5-13-28-69)74-37-41-78-82-48-63-47-81-77-40-36-73(95(67-23-8-3-9-24-67)68-25-10-4-11-26-68)55-91(77)99-87(81)51-65(63)52-88(82)100-92(78)56-74/h3-58H,1-2H3. The molecule has 0 fully saturated rings. The number of hydrogen-bond acceptors (Lipinski definition) is 8. The molecule has 0 saturated carbocycles. The van der Waals surface area contributed by atoms with Crippen molar-refractivity contribution in [1.82, 2.24) is 0 Å². The lowest BCUT2D eigenvalue weighted by molar-refractivity contribution is 0.668. The summed E-state index contributed by atoms with van der Waals surface area (Å²) in [6, 6.07) is 121. The van der Waals surface area contributed by atoms with E-state index in [4.69, 9.17) is 17.7 Å². The van der Waals surface area contributed by atoms with Crippen molar-refractivity contribution < 1.29 is 17.7 Å². The molecule has 0 aliphatic rings. The van der Waals surface area contributed by atoms with Gasteiger partial charge in [-0.3, -0.25) is 0 Å². The number of aryl methyl sites for hydroxylation is 2. The lowest BCUT2D eigenvalue weighted by Crippen LogP contribution is -2.11. The number of hydrogen-bond donors (Lipinski definition) is 0. The van der Waals surface area contributed by atoms with Gasteiger partial charge in [-0.2, -0.15) is 0 Å². The average Bonchev–Trinajstić information content (AvgIpc) is 1.58. The van der Waals surface area contributed by atoms with Crippen molar-refractivity contribution in [3.8, 4) is 11.1 Å². The van der Waals surface area contributed by atoms with Gasteiger partial charge in [-0.15, -0.1) is 0 Å². The summed E-state index contributed by atoms with van der Waals surface area (Å²) >= 11 is 0. The molecule has 0 radical (unpaired) electrons. The summed E-state index contributed by atoms with van der Waals surface area (Å²) in [6.45, 7) is 4.36. The van der Waals surface area contributed by atoms with Crippen molar-refractivity contribution in [3.63, 3.8) is 0 Å². The molecule has 4 aromatic heterocycles. The van der Waals surface area contributed by atoms with Gasteiger partial charge in [0.25, 0.3) is 0 Å². The van der Waals surface area contributed by atoms with Crippen LogP contribution >= 0.6 is 0 Å². The molecule has 0 unspecified atom stereocenters. The van der Waals surface area contributed by atoms with Crippen LogP contribution in [-0.2, 0) is 0 Å². The topological polar surface area (TPSA) is 65.5 Å². The Morgan fingerprint density at radius 1 is 0.176 bits per heavy atom. The molecular weight excluding hydrogens is 1250 g/mol. The SMILES string of the molecule is Cc1ccccc1N(c1ccccc1)c1ccc2c(c1)oc1cc3cc4oc5cc(N(c6ccccc6)c6ccc(-c7cccc(N(c8ccccc8)c8ccc9c(c8)oc8cc%10cc%11oc%12cc(N(c%13ccccc%13)c%13ccccc%13)ccc%12c%11cc%10cc89)c7)cc6C)ccc5c4cc3cc12. The molecule has 0 atom stereocenters. The Labute approximate surface area is 587 Å². The lowest BCUT2D eigenvalue weighted by atomic mass is 10.00. The van der Waals surface area contributed by atoms with Gasteiger partial charge in [-0.05, 0) is 246 Å². The highest BCUT2D eigenvalue weighted by molar-refractivity contribution is 6.18. The summed E-state index contributed by atoms with van der Waals surface area (Å²) in [7, 11) is 0. The third-order valence-electron chi connectivity index (χ3n) is 20.3. The van der Waals surface area contributed by atoms with Crippen LogP contribution in [-0.4, -0.2) is 0 Å². The van der Waals surface area contributed by atoms with E-state index in [-0.39, 0.29) is 0 Å². The van der Waals surface area contributed by atoms with E-state index in [0.29, 0.717) is 0 Å². The van der Waals surface area contributed by atoms with Crippen molar-refractivity contribution in [2.24, 2.45) is 0 Å². The molecule has 0 amide bonds. The number of para-hydroxylation sites is 6. The van der Waals surface area contributed by atoms with Crippen molar-refractivity contribution in [2.75, 3.05) is 19.6 Å². The van der Waals surface area contributed by atoms with Crippen LogP contribution in [0.4, 0.5) is 68.2 Å². The monoisotopic (exact) mass is 1310 g/mol. The Kier molecular flexibility index (Phi) is 13.5. The molecule has 20 aromatic rings. The predicted octanol–water partition coefficient (Wildman–Crippen LogP) is 27.8. The number of furan rings is 4. The maximum absolute atomic E-state index is 6.85. The second-order valence-corrected chi connectivity index (χ2v) is 26.6. The van der Waals surface area contributed by atoms with E-state index in [9.17, 15) is 0 Å². The highest BCUT2D eigenvalue weighted by Gasteiger charge is 2.24. The van der Waals surface area contributed by atoms with Crippen LogP contribution in [0.25, 0.3) is 120 Å². The molecule has 102 heavy (non-hydrogen) atoms. The van der Waals surface area contributed by atoms with Crippen LogP contribution in [0.1, 0.15) is 11.1 Å². The molecule has 482 valence electrons. The maximum Gasteiger partial charge on any atom is 0.137 e. The summed E-state index contributed by atoms with van der Waals surface area (Å²) < 4.78 is 27.1. The zero-order chi connectivity index (χ0) is 67.5. The van der Waals surface area contributed by atoms with E-state index in [2.05, 4.69) is 361 Å². The fourth-order valence-corrected chi connectivity index (χ4v) is 15.5. The average molecular weight is 1310 g/mol. The molecule has 0 aliphatic heterocycles. The van der Waals surface area contributed by atoms with Crippen LogP contribution in [0.2, 0.25) is 0 Å². The predicted molar refractivity (Wildman–Crippen MR) is 424 cm³/mol. The highest BCUT2D eigenvalue weighted by Crippen LogP contribution is 2.48. The van der Waals surface area contributed by atoms with E-state index >= 15 is 0 Å². The van der Waals surface area contributed by atoms with E-state index in [1.165, 1.54) is 5.56 Å². The number of benzene rings is 16. The van der Waals surface area contributed by atoms with Gasteiger partial charge >= 0.3 is 0 Å². The minimum Gasteiger partial charge on any atom is -0.456 e. The van der Waals surface area contributed by atoms with Gasteiger partial charge in [0.15, 0.2) is 0 Å². The van der Waals surface area contributed by atoms with Gasteiger partial charge in [-0.25, -0.2) is 0 Å². The molecule has 20 rings (SSSR count). The Morgan fingerprint density at radius 2 is 0.461 bits per heavy atom. The largest absolute Gasteiger partial charge is 0.456 e. The number of nitrogens with zero attached hydrogens (tertiary/aromatic N) is 4. The summed E-state index contributed by atoms with van der Waals surface area (Å²) in [4.78, 5) is 9.21. The second-order valence-electron chi connectivity index (χ2n) is 26.6. The summed E-state index contributed by atoms with van der Waals surface area (Å²) in [5, 5.41) is 12.9. The minimum absolute atomic E-state index is 0.811. The molecular formula is C94H62N4O4. The number of fused-ring (bicyclic) bond motifs is 14. The molecule has 0 aliphatic carbocycles. The van der Waals surface area contributed by atoms with Gasteiger partial charge < -0.3 is 37.3 Å². The number of anilines is 12. The van der Waals surface area contributed by atoms with E-state index in [1.807, 2.05) is 12.1 Å². The molecule has 0 spiro atoms. The number of rotatable bonds is 13. The molecule has 8 heteroatoms. The molecule has 16 aromatic carbocycles. The molecule has 4 heterocycles. The van der Waals surface area contributed by atoms with Crippen LogP contribution in [0.3, 0.4) is 0 Å². The van der Waals surface area contributed by atoms with Gasteiger partial charge in [-0.1, -0.05) is 127 Å². The Balaban J connectivity index is 0.606. The normalized spacial score (nSPS) is 11.8. The first-order valence-corrected chi connectivity index (χ1v) is 34.6. The van der Waals surface area contributed by atoms with Crippen molar-refractivity contribution >= 4 is 178 Å². The molecule has 8 nitrogen and oxygen atoms in total. The Hall–Kier alpha value is -13.6. The zero-order valence-corrected chi connectivity index (χ0v) is 55.8. The molecule has 0 bridgehead atoms. The van der Waals surface area contributed by atoms with Crippen molar-refractivity contribution in [1.29, 1.82) is 0 Å². The molecule has 0 N–H and O–H groups in total. The Bertz CT molecular complexity index is 6640. The third kappa shape index (κ3) is 9.90. The van der Waals surface area contributed by atoms with Crippen LogP contribution in [0.15, 0.2) is 357 Å². The van der Waals surface area contributed by atoms with E-state index in [1.54, 1.807) is 0 Å². The summed E-state index contributed by atoms with van der Waals surface area (Å²) in [5.41, 5.74) is 23.7. The first kappa shape index (κ1) is 58.6. The zero-order valence-electron chi connectivity index (χ0n) is 55.8. The second kappa shape index (κ2) is 23.6. The van der Waals surface area contributed by atoms with E-state index in [0.717, 1.165) is 194 Å². The molecule has 0 saturated heterocycles. The van der Waals surface area contributed by atoms with Gasteiger partial charge in [0.2, 0.25) is 0 Å². The van der Waals surface area contributed by atoms with Gasteiger partial charge in [0, 0.05) is 136 Å². The first-order chi connectivity index (χ1) is 50.3. The van der Waals surface area contributed by atoms with Crippen molar-refractivity contribution in [2.45, 2.75) is 13.8 Å². The van der Waals surface area contributed by atoms with Crippen LogP contribution in [0, 0.1) is 13.8 Å². The summed E-state index contributed by atoms with van der Waals surface area (Å²) in [5.74, 6) is 0. The van der Waals surface area contributed by atoms with E-state index < -0.39 is 0 Å². The quantitative estimate of drug-likeness (QED) is 0.113. The third-order valence-corrected chi connectivity index (χ3v) is 20.3. The van der Waals surface area contributed by atoms with Crippen molar-refractivity contribution in [3.05, 3.63) is 351 Å². The smallest absolute Gasteiger partial charge is 0.137 e. The summed E-state index contributed by atoms with van der Waals surface area (Å²) in [6.07, 6.45) is 0.